The Labute approximate surface area is 93.9 Å². The van der Waals surface area contributed by atoms with Crippen molar-refractivity contribution < 1.29 is 4.79 Å². The Morgan fingerprint density at radius 2 is 2.15 bits per heavy atom. The van der Waals surface area contributed by atoms with Gasteiger partial charge in [0.15, 0.2) is 6.29 Å². The molecule has 0 amide bonds. The summed E-state index contributed by atoms with van der Waals surface area (Å²) in [7, 11) is 0. The highest BCUT2D eigenvalue weighted by Crippen LogP contribution is 2.29. The fourth-order valence-electron chi connectivity index (χ4n) is 1.39. The molecule has 2 aromatic rings. The van der Waals surface area contributed by atoms with E-state index in [1.165, 1.54) is 8.27 Å². The fraction of sp³-hybridized carbons (Fsp3) is 0.100. The largest absolute Gasteiger partial charge is 0.298 e. The molecule has 0 saturated heterocycles. The molecular weight excluding hydrogens is 295 g/mol. The lowest BCUT2D eigenvalue weighted by Gasteiger charge is -1.96. The van der Waals surface area contributed by atoms with Crippen molar-refractivity contribution in [3.63, 3.8) is 0 Å². The first-order valence-corrected chi connectivity index (χ1v) is 5.75. The highest BCUT2D eigenvalue weighted by atomic mass is 127. The van der Waals surface area contributed by atoms with Crippen molar-refractivity contribution in [2.75, 3.05) is 0 Å². The number of fused-ring (bicyclic) bond motifs is 1. The number of aldehydes is 1. The number of carbonyl (C=O) groups excluding carboxylic acids is 1. The third-order valence-electron chi connectivity index (χ3n) is 1.89. The Morgan fingerprint density at radius 3 is 2.85 bits per heavy atom. The molecule has 0 aliphatic rings. The van der Waals surface area contributed by atoms with Crippen LogP contribution in [-0.2, 0) is 0 Å². The van der Waals surface area contributed by atoms with E-state index in [-0.39, 0.29) is 0 Å². The van der Waals surface area contributed by atoms with E-state index in [2.05, 4.69) is 34.7 Å². The van der Waals surface area contributed by atoms with Crippen LogP contribution in [0, 0.1) is 9.81 Å². The summed E-state index contributed by atoms with van der Waals surface area (Å²) in [6.07, 6.45) is 0.932. The van der Waals surface area contributed by atoms with Crippen molar-refractivity contribution in [2.45, 2.75) is 6.92 Å². The van der Waals surface area contributed by atoms with Crippen molar-refractivity contribution in [2.24, 2.45) is 0 Å². The van der Waals surface area contributed by atoms with Crippen LogP contribution in [0.4, 0.5) is 0 Å². The Hall–Kier alpha value is -0.420. The van der Waals surface area contributed by atoms with Gasteiger partial charge < -0.3 is 0 Å². The van der Waals surface area contributed by atoms with Gasteiger partial charge in [-0.3, -0.25) is 4.79 Å². The normalized spacial score (nSPS) is 10.6. The maximum atomic E-state index is 10.8. The lowest BCUT2D eigenvalue weighted by molar-refractivity contribution is 0.112. The highest BCUT2D eigenvalue weighted by molar-refractivity contribution is 14.1. The molecule has 1 nitrogen and oxygen atoms in total. The van der Waals surface area contributed by atoms with Gasteiger partial charge in [-0.05, 0) is 52.6 Å². The summed E-state index contributed by atoms with van der Waals surface area (Å²) in [4.78, 5) is 10.8. The summed E-state index contributed by atoms with van der Waals surface area (Å²) in [6, 6.07) is 6.16. The van der Waals surface area contributed by atoms with Crippen LogP contribution in [0.2, 0.25) is 0 Å². The van der Waals surface area contributed by atoms with Crippen LogP contribution in [0.5, 0.6) is 0 Å². The van der Waals surface area contributed by atoms with Gasteiger partial charge in [-0.2, -0.15) is 0 Å². The molecule has 0 atom stereocenters. The summed E-state index contributed by atoms with van der Waals surface area (Å²) in [5.41, 5.74) is 1.95. The summed E-state index contributed by atoms with van der Waals surface area (Å²) < 4.78 is 2.33. The van der Waals surface area contributed by atoms with Gasteiger partial charge in [0.25, 0.3) is 0 Å². The molecule has 0 saturated carbocycles. The number of halogens is 1. The molecule has 1 heterocycles. The minimum Gasteiger partial charge on any atom is -0.298 e. The number of aryl methyl sites for hydroxylation is 1. The summed E-state index contributed by atoms with van der Waals surface area (Å²) in [5, 5.41) is 1.18. The van der Waals surface area contributed by atoms with Crippen LogP contribution in [0.25, 0.3) is 10.1 Å². The van der Waals surface area contributed by atoms with Gasteiger partial charge in [0, 0.05) is 10.3 Å². The lowest BCUT2D eigenvalue weighted by atomic mass is 10.1. The second-order valence-electron chi connectivity index (χ2n) is 2.94. The van der Waals surface area contributed by atoms with Gasteiger partial charge in [0.2, 0.25) is 0 Å². The first kappa shape index (κ1) is 9.15. The van der Waals surface area contributed by atoms with E-state index >= 15 is 0 Å². The van der Waals surface area contributed by atoms with Crippen molar-refractivity contribution in [3.8, 4) is 0 Å². The van der Waals surface area contributed by atoms with E-state index < -0.39 is 0 Å². The molecule has 0 unspecified atom stereocenters. The van der Waals surface area contributed by atoms with E-state index in [9.17, 15) is 4.79 Å². The molecule has 0 aliphatic heterocycles. The predicted molar refractivity (Wildman–Crippen MR) is 64.7 cm³/mol. The Bertz CT molecular complexity index is 473. The van der Waals surface area contributed by atoms with Crippen molar-refractivity contribution in [1.82, 2.24) is 0 Å². The summed E-state index contributed by atoms with van der Waals surface area (Å²) in [5.74, 6) is 0. The fourth-order valence-corrected chi connectivity index (χ4v) is 3.23. The van der Waals surface area contributed by atoms with E-state index in [4.69, 9.17) is 0 Å². The third-order valence-corrected chi connectivity index (χ3v) is 3.85. The SMILES string of the molecule is Cc1cc(C=O)c2sc(I)cc2c1. The first-order valence-electron chi connectivity index (χ1n) is 3.85. The van der Waals surface area contributed by atoms with Crippen LogP contribution in [0.15, 0.2) is 18.2 Å². The number of hydrogen-bond acceptors (Lipinski definition) is 2. The van der Waals surface area contributed by atoms with E-state index in [0.717, 1.165) is 22.1 Å². The molecule has 1 aromatic heterocycles. The number of carbonyl (C=O) groups is 1. The zero-order valence-corrected chi connectivity index (χ0v) is 9.98. The maximum Gasteiger partial charge on any atom is 0.151 e. The Kier molecular flexibility index (Phi) is 2.38. The van der Waals surface area contributed by atoms with Crippen LogP contribution in [0.3, 0.4) is 0 Å². The Balaban J connectivity index is 2.88. The smallest absolute Gasteiger partial charge is 0.151 e. The molecule has 0 radical (unpaired) electrons. The van der Waals surface area contributed by atoms with Gasteiger partial charge in [-0.1, -0.05) is 6.07 Å². The number of hydrogen-bond donors (Lipinski definition) is 0. The average molecular weight is 302 g/mol. The number of rotatable bonds is 1. The van der Waals surface area contributed by atoms with E-state index in [1.54, 1.807) is 11.3 Å². The quantitative estimate of drug-likeness (QED) is 0.581. The zero-order valence-electron chi connectivity index (χ0n) is 7.00. The zero-order chi connectivity index (χ0) is 9.42. The molecule has 0 aliphatic carbocycles. The van der Waals surface area contributed by atoms with Crippen molar-refractivity contribution >= 4 is 50.3 Å². The van der Waals surface area contributed by atoms with Gasteiger partial charge in [0.1, 0.15) is 0 Å². The van der Waals surface area contributed by atoms with E-state index in [1.807, 2.05) is 13.0 Å². The van der Waals surface area contributed by atoms with Gasteiger partial charge >= 0.3 is 0 Å². The minimum atomic E-state index is 0.808. The monoisotopic (exact) mass is 302 g/mol. The molecule has 0 bridgehead atoms. The van der Waals surface area contributed by atoms with Crippen LogP contribution in [-0.4, -0.2) is 6.29 Å². The van der Waals surface area contributed by atoms with Gasteiger partial charge in [-0.15, -0.1) is 11.3 Å². The van der Waals surface area contributed by atoms with Crippen LogP contribution in [0.1, 0.15) is 15.9 Å². The molecule has 13 heavy (non-hydrogen) atoms. The van der Waals surface area contributed by atoms with Crippen molar-refractivity contribution in [1.29, 1.82) is 0 Å². The molecule has 3 heteroatoms. The van der Waals surface area contributed by atoms with E-state index in [0.29, 0.717) is 0 Å². The molecule has 0 spiro atoms. The topological polar surface area (TPSA) is 17.1 Å². The molecule has 0 fully saturated rings. The number of thiophene rings is 1. The second kappa shape index (κ2) is 3.38. The van der Waals surface area contributed by atoms with Gasteiger partial charge in [-0.25, -0.2) is 0 Å². The standard InChI is InChI=1S/C10H7IOS/c1-6-2-7-4-9(11)13-10(7)8(3-6)5-12/h2-5H,1H3. The molecule has 66 valence electrons. The third kappa shape index (κ3) is 1.62. The van der Waals surface area contributed by atoms with Crippen LogP contribution < -0.4 is 0 Å². The lowest BCUT2D eigenvalue weighted by Crippen LogP contribution is -1.81. The Morgan fingerprint density at radius 1 is 1.38 bits per heavy atom. The molecule has 1 aromatic carbocycles. The number of benzene rings is 1. The first-order chi connectivity index (χ1) is 6.20. The molecular formula is C10H7IOS. The molecule has 0 N–H and O–H groups in total. The summed E-state index contributed by atoms with van der Waals surface area (Å²) >= 11 is 3.95. The minimum absolute atomic E-state index is 0.808. The highest BCUT2D eigenvalue weighted by Gasteiger charge is 2.05. The predicted octanol–water partition coefficient (Wildman–Crippen LogP) is 3.63. The molecule has 2 rings (SSSR count). The maximum absolute atomic E-state index is 10.8. The van der Waals surface area contributed by atoms with Crippen molar-refractivity contribution in [3.05, 3.63) is 32.2 Å². The summed E-state index contributed by atoms with van der Waals surface area (Å²) in [6.45, 7) is 2.01. The average Bonchev–Trinajstić information content (AvgIpc) is 2.43. The van der Waals surface area contributed by atoms with Crippen LogP contribution >= 0.6 is 33.9 Å². The van der Waals surface area contributed by atoms with Gasteiger partial charge in [0.05, 0.1) is 2.88 Å². The second-order valence-corrected chi connectivity index (χ2v) is 5.89.